The highest BCUT2D eigenvalue weighted by atomic mass is 16.5. The molecule has 2 aromatic rings. The van der Waals surface area contributed by atoms with Crippen LogP contribution in [0.2, 0.25) is 0 Å². The molecular formula is C9H10N4O. The molecule has 72 valence electrons. The van der Waals surface area contributed by atoms with Gasteiger partial charge in [0, 0.05) is 24.7 Å². The summed E-state index contributed by atoms with van der Waals surface area (Å²) >= 11 is 0. The molecule has 5 heteroatoms. The molecule has 0 saturated carbocycles. The summed E-state index contributed by atoms with van der Waals surface area (Å²) in [6, 6.07) is 5.52. The predicted molar refractivity (Wildman–Crippen MR) is 52.0 cm³/mol. The fourth-order valence-corrected chi connectivity index (χ4v) is 1.03. The van der Waals surface area contributed by atoms with Crippen LogP contribution in [-0.4, -0.2) is 21.8 Å². The summed E-state index contributed by atoms with van der Waals surface area (Å²) in [4.78, 5) is 8.14. The van der Waals surface area contributed by atoms with Gasteiger partial charge in [0.25, 0.3) is 0 Å². The average molecular weight is 190 g/mol. The number of nitrogens with zero attached hydrogens (tertiary/aromatic N) is 3. The fraction of sp³-hybridized carbons (Fsp3) is 0.111. The third-order valence-corrected chi connectivity index (χ3v) is 1.67. The van der Waals surface area contributed by atoms with E-state index in [0.717, 1.165) is 0 Å². The Hall–Kier alpha value is -2.04. The topological polar surface area (TPSA) is 52.0 Å². The number of rotatable bonds is 3. The van der Waals surface area contributed by atoms with Crippen LogP contribution in [0, 0.1) is 0 Å². The molecule has 0 fully saturated rings. The Balaban J connectivity index is 2.17. The molecule has 0 unspecified atom stereocenters. The van der Waals surface area contributed by atoms with E-state index in [4.69, 9.17) is 4.74 Å². The molecule has 2 rings (SSSR count). The first kappa shape index (κ1) is 8.55. The van der Waals surface area contributed by atoms with Crippen molar-refractivity contribution < 1.29 is 4.74 Å². The summed E-state index contributed by atoms with van der Waals surface area (Å²) in [6.45, 7) is 0. The highest BCUT2D eigenvalue weighted by Crippen LogP contribution is 2.07. The minimum Gasteiger partial charge on any atom is -0.481 e. The van der Waals surface area contributed by atoms with Crippen molar-refractivity contribution in [3.63, 3.8) is 0 Å². The Bertz CT molecular complexity index is 399. The van der Waals surface area contributed by atoms with E-state index in [1.807, 2.05) is 24.5 Å². The number of hydrogen-bond acceptors (Lipinski definition) is 4. The zero-order chi connectivity index (χ0) is 9.80. The first-order valence-electron chi connectivity index (χ1n) is 4.15. The smallest absolute Gasteiger partial charge is 0.245 e. The van der Waals surface area contributed by atoms with Crippen LogP contribution in [-0.2, 0) is 0 Å². The van der Waals surface area contributed by atoms with Gasteiger partial charge in [0.2, 0.25) is 11.8 Å². The van der Waals surface area contributed by atoms with Gasteiger partial charge in [0.15, 0.2) is 0 Å². The lowest BCUT2D eigenvalue weighted by Crippen LogP contribution is -2.09. The Kier molecular flexibility index (Phi) is 2.31. The van der Waals surface area contributed by atoms with Crippen LogP contribution in [0.1, 0.15) is 0 Å². The van der Waals surface area contributed by atoms with Crippen molar-refractivity contribution in [2.75, 3.05) is 12.5 Å². The Morgan fingerprint density at radius 1 is 1.36 bits per heavy atom. The maximum atomic E-state index is 4.97. The van der Waals surface area contributed by atoms with E-state index in [1.54, 1.807) is 24.0 Å². The second-order valence-electron chi connectivity index (χ2n) is 2.62. The van der Waals surface area contributed by atoms with Gasteiger partial charge < -0.3 is 4.74 Å². The highest BCUT2D eigenvalue weighted by molar-refractivity contribution is 5.27. The zero-order valence-corrected chi connectivity index (χ0v) is 7.71. The fourth-order valence-electron chi connectivity index (χ4n) is 1.03. The van der Waals surface area contributed by atoms with Crippen molar-refractivity contribution in [3.8, 4) is 5.88 Å². The Morgan fingerprint density at radius 2 is 2.14 bits per heavy atom. The van der Waals surface area contributed by atoms with Gasteiger partial charge in [0.1, 0.15) is 0 Å². The van der Waals surface area contributed by atoms with Crippen LogP contribution in [0.3, 0.4) is 0 Å². The number of hydrogen-bond donors (Lipinski definition) is 1. The second-order valence-corrected chi connectivity index (χ2v) is 2.62. The van der Waals surface area contributed by atoms with Crippen LogP contribution in [0.4, 0.5) is 5.95 Å². The Labute approximate surface area is 81.3 Å². The van der Waals surface area contributed by atoms with Crippen LogP contribution in [0.15, 0.2) is 36.8 Å². The van der Waals surface area contributed by atoms with Crippen molar-refractivity contribution in [1.82, 2.24) is 14.6 Å². The van der Waals surface area contributed by atoms with Crippen molar-refractivity contribution in [1.29, 1.82) is 0 Å². The molecule has 14 heavy (non-hydrogen) atoms. The van der Waals surface area contributed by atoms with Gasteiger partial charge in [-0.2, -0.15) is 4.98 Å². The van der Waals surface area contributed by atoms with Crippen LogP contribution < -0.4 is 10.2 Å². The third-order valence-electron chi connectivity index (χ3n) is 1.67. The number of ether oxygens (including phenoxy) is 1. The molecule has 0 aliphatic heterocycles. The van der Waals surface area contributed by atoms with Crippen LogP contribution in [0.25, 0.3) is 0 Å². The van der Waals surface area contributed by atoms with Gasteiger partial charge in [-0.15, -0.1) is 0 Å². The normalized spacial score (nSPS) is 9.79. The van der Waals surface area contributed by atoms with Crippen LogP contribution >= 0.6 is 0 Å². The van der Waals surface area contributed by atoms with E-state index >= 15 is 0 Å². The van der Waals surface area contributed by atoms with Crippen molar-refractivity contribution in [2.24, 2.45) is 0 Å². The molecule has 1 N–H and O–H groups in total. The average Bonchev–Trinajstić information content (AvgIpc) is 2.71. The van der Waals surface area contributed by atoms with E-state index in [1.165, 1.54) is 0 Å². The molecule has 0 bridgehead atoms. The predicted octanol–water partition coefficient (Wildman–Crippen LogP) is 1.16. The van der Waals surface area contributed by atoms with Gasteiger partial charge in [-0.25, -0.2) is 4.98 Å². The van der Waals surface area contributed by atoms with E-state index < -0.39 is 0 Å². The standard InChI is InChI=1S/C9H10N4O/c1-14-8-4-5-10-9(11-8)12-13-6-2-3-7-13/h2-7H,1H3,(H,10,11,12). The number of anilines is 1. The lowest BCUT2D eigenvalue weighted by Gasteiger charge is -2.05. The summed E-state index contributed by atoms with van der Waals surface area (Å²) in [7, 11) is 1.57. The van der Waals surface area contributed by atoms with E-state index in [0.29, 0.717) is 11.8 Å². The monoisotopic (exact) mass is 190 g/mol. The first-order chi connectivity index (χ1) is 6.88. The summed E-state index contributed by atoms with van der Waals surface area (Å²) in [5.74, 6) is 1.04. The van der Waals surface area contributed by atoms with E-state index in [-0.39, 0.29) is 0 Å². The second kappa shape index (κ2) is 3.78. The minimum atomic E-state index is 0.501. The molecule has 0 spiro atoms. The number of aromatic nitrogens is 3. The number of nitrogens with one attached hydrogen (secondary N) is 1. The zero-order valence-electron chi connectivity index (χ0n) is 7.71. The molecule has 5 nitrogen and oxygen atoms in total. The van der Waals surface area contributed by atoms with E-state index in [2.05, 4.69) is 15.4 Å². The van der Waals surface area contributed by atoms with Gasteiger partial charge in [0.05, 0.1) is 7.11 Å². The molecule has 0 aromatic carbocycles. The lowest BCUT2D eigenvalue weighted by atomic mass is 10.6. The van der Waals surface area contributed by atoms with Crippen molar-refractivity contribution in [2.45, 2.75) is 0 Å². The molecule has 0 saturated heterocycles. The quantitative estimate of drug-likeness (QED) is 0.789. The van der Waals surface area contributed by atoms with Gasteiger partial charge in [-0.1, -0.05) is 0 Å². The summed E-state index contributed by atoms with van der Waals surface area (Å²) in [5.41, 5.74) is 2.97. The highest BCUT2D eigenvalue weighted by Gasteiger charge is 1.97. The van der Waals surface area contributed by atoms with Gasteiger partial charge >= 0.3 is 0 Å². The number of methoxy groups -OCH3 is 1. The van der Waals surface area contributed by atoms with Gasteiger partial charge in [-0.3, -0.25) is 10.1 Å². The van der Waals surface area contributed by atoms with E-state index in [9.17, 15) is 0 Å². The largest absolute Gasteiger partial charge is 0.481 e. The molecule has 0 amide bonds. The first-order valence-corrected chi connectivity index (χ1v) is 4.15. The summed E-state index contributed by atoms with van der Waals surface area (Å²) in [5, 5.41) is 0. The van der Waals surface area contributed by atoms with Crippen molar-refractivity contribution >= 4 is 5.95 Å². The molecule has 2 aromatic heterocycles. The summed E-state index contributed by atoms with van der Waals surface area (Å²) in [6.07, 6.45) is 5.36. The minimum absolute atomic E-state index is 0.501. The molecule has 0 radical (unpaired) electrons. The summed E-state index contributed by atoms with van der Waals surface area (Å²) < 4.78 is 6.73. The Morgan fingerprint density at radius 3 is 2.86 bits per heavy atom. The lowest BCUT2D eigenvalue weighted by molar-refractivity contribution is 0.397. The molecule has 0 atom stereocenters. The molecular weight excluding hydrogens is 180 g/mol. The SMILES string of the molecule is COc1ccnc(Nn2cccc2)n1. The molecule has 0 aliphatic carbocycles. The third kappa shape index (κ3) is 1.82. The van der Waals surface area contributed by atoms with Crippen LogP contribution in [0.5, 0.6) is 5.88 Å². The molecule has 2 heterocycles. The maximum absolute atomic E-state index is 4.97. The maximum Gasteiger partial charge on any atom is 0.245 e. The van der Waals surface area contributed by atoms with Gasteiger partial charge in [-0.05, 0) is 12.1 Å². The molecule has 0 aliphatic rings. The van der Waals surface area contributed by atoms with Crippen molar-refractivity contribution in [3.05, 3.63) is 36.8 Å².